The predicted molar refractivity (Wildman–Crippen MR) is 239 cm³/mol. The predicted octanol–water partition coefficient (Wildman–Crippen LogP) is 16.0. The Morgan fingerprint density at radius 3 is 1.54 bits per heavy atom. The molecule has 0 bridgehead atoms. The van der Waals surface area contributed by atoms with Gasteiger partial charge in [-0.1, -0.05) is 158 Å². The van der Waals surface area contributed by atoms with Crippen molar-refractivity contribution in [2.75, 3.05) is 0 Å². The van der Waals surface area contributed by atoms with E-state index in [-0.39, 0.29) is 0 Å². The van der Waals surface area contributed by atoms with Crippen molar-refractivity contribution < 1.29 is 0 Å². The molecule has 2 heterocycles. The first-order valence-corrected chi connectivity index (χ1v) is 20.1. The summed E-state index contributed by atoms with van der Waals surface area (Å²) in [6.45, 7) is 0. The molecule has 0 atom stereocenters. The molecule has 10 aromatic carbocycles. The van der Waals surface area contributed by atoms with Gasteiger partial charge in [0.2, 0.25) is 0 Å². The Labute approximate surface area is 319 Å². The van der Waals surface area contributed by atoms with Gasteiger partial charge in [-0.2, -0.15) is 0 Å². The molecule has 0 aliphatic heterocycles. The molecule has 54 heavy (non-hydrogen) atoms. The largest absolute Gasteiger partial charge is 0.135 e. The summed E-state index contributed by atoms with van der Waals surface area (Å²) in [7, 11) is 0. The summed E-state index contributed by atoms with van der Waals surface area (Å²) < 4.78 is 5.39. The molecule has 250 valence electrons. The number of thiophene rings is 2. The zero-order valence-electron chi connectivity index (χ0n) is 29.1. The highest BCUT2D eigenvalue weighted by Crippen LogP contribution is 2.48. The van der Waals surface area contributed by atoms with Crippen molar-refractivity contribution in [3.05, 3.63) is 182 Å². The topological polar surface area (TPSA) is 0 Å². The lowest BCUT2D eigenvalue weighted by atomic mass is 9.84. The fourth-order valence-corrected chi connectivity index (χ4v) is 11.4. The lowest BCUT2D eigenvalue weighted by Crippen LogP contribution is -1.92. The quantitative estimate of drug-likeness (QED) is 0.160. The lowest BCUT2D eigenvalue weighted by molar-refractivity contribution is 1.64. The molecule has 2 aromatic heterocycles. The number of fused-ring (bicyclic) bond motifs is 11. The van der Waals surface area contributed by atoms with E-state index in [4.69, 9.17) is 0 Å². The van der Waals surface area contributed by atoms with Gasteiger partial charge in [-0.25, -0.2) is 0 Å². The van der Waals surface area contributed by atoms with Gasteiger partial charge in [0.15, 0.2) is 0 Å². The van der Waals surface area contributed by atoms with Gasteiger partial charge in [-0.05, 0) is 101 Å². The van der Waals surface area contributed by atoms with E-state index >= 15 is 0 Å². The van der Waals surface area contributed by atoms with Crippen LogP contribution in [0, 0.1) is 0 Å². The third-order valence-electron chi connectivity index (χ3n) is 11.5. The highest BCUT2D eigenvalue weighted by atomic mass is 32.1. The number of hydrogen-bond donors (Lipinski definition) is 0. The van der Waals surface area contributed by atoms with Crippen LogP contribution in [0.2, 0.25) is 0 Å². The fraction of sp³-hybridized carbons (Fsp3) is 0. The van der Waals surface area contributed by atoms with E-state index in [1.165, 1.54) is 117 Å². The maximum atomic E-state index is 2.45. The van der Waals surface area contributed by atoms with E-state index in [9.17, 15) is 0 Å². The molecule has 0 fully saturated rings. The van der Waals surface area contributed by atoms with Crippen molar-refractivity contribution in [3.63, 3.8) is 0 Å². The summed E-state index contributed by atoms with van der Waals surface area (Å²) in [5, 5.41) is 15.7. The smallest absolute Gasteiger partial charge is 0.0362 e. The molecular weight excluding hydrogens is 689 g/mol. The highest BCUT2D eigenvalue weighted by Gasteiger charge is 2.20. The van der Waals surface area contributed by atoms with Gasteiger partial charge in [0.1, 0.15) is 0 Å². The van der Waals surface area contributed by atoms with E-state index < -0.39 is 0 Å². The van der Waals surface area contributed by atoms with E-state index in [1.807, 2.05) is 22.7 Å². The SMILES string of the molecule is c1ccc(-c2ccc(-c3c4ccccc4c(-c4ccc5c(c4)sc4cc6c(cc45)sc4ccc5ccccc5c46)c4ccccc34)c3ccccc23)cc1. The average molecular weight is 719 g/mol. The van der Waals surface area contributed by atoms with Gasteiger partial charge in [0.05, 0.1) is 0 Å². The van der Waals surface area contributed by atoms with Crippen molar-refractivity contribution in [2.45, 2.75) is 0 Å². The van der Waals surface area contributed by atoms with Crippen LogP contribution in [-0.4, -0.2) is 0 Å². The monoisotopic (exact) mass is 718 g/mol. The van der Waals surface area contributed by atoms with Crippen LogP contribution in [0.3, 0.4) is 0 Å². The summed E-state index contributed by atoms with van der Waals surface area (Å²) in [4.78, 5) is 0. The minimum atomic E-state index is 1.24. The van der Waals surface area contributed by atoms with Crippen LogP contribution in [0.1, 0.15) is 0 Å². The van der Waals surface area contributed by atoms with Crippen molar-refractivity contribution in [1.29, 1.82) is 0 Å². The summed E-state index contributed by atoms with van der Waals surface area (Å²) >= 11 is 3.83. The van der Waals surface area contributed by atoms with Crippen LogP contribution in [0.4, 0.5) is 0 Å². The third-order valence-corrected chi connectivity index (χ3v) is 13.7. The van der Waals surface area contributed by atoms with E-state index in [2.05, 4.69) is 182 Å². The minimum absolute atomic E-state index is 1.24. The second-order valence-corrected chi connectivity index (χ2v) is 16.5. The van der Waals surface area contributed by atoms with Gasteiger partial charge in [0, 0.05) is 40.3 Å². The summed E-state index contributed by atoms with van der Waals surface area (Å²) in [6, 6.07) is 67.8. The molecule has 0 radical (unpaired) electrons. The van der Waals surface area contributed by atoms with Gasteiger partial charge in [0.25, 0.3) is 0 Å². The zero-order chi connectivity index (χ0) is 35.3. The zero-order valence-corrected chi connectivity index (χ0v) is 30.8. The minimum Gasteiger partial charge on any atom is -0.135 e. The Bertz CT molecular complexity index is 3430. The Morgan fingerprint density at radius 2 is 0.796 bits per heavy atom. The molecule has 0 nitrogen and oxygen atoms in total. The van der Waals surface area contributed by atoms with E-state index in [0.717, 1.165) is 0 Å². The van der Waals surface area contributed by atoms with Crippen molar-refractivity contribution >= 4 is 106 Å². The van der Waals surface area contributed by atoms with Gasteiger partial charge in [-0.15, -0.1) is 22.7 Å². The van der Waals surface area contributed by atoms with Crippen LogP contribution in [-0.2, 0) is 0 Å². The van der Waals surface area contributed by atoms with Crippen molar-refractivity contribution in [2.24, 2.45) is 0 Å². The second kappa shape index (κ2) is 11.6. The molecule has 0 saturated heterocycles. The Balaban J connectivity index is 1.09. The van der Waals surface area contributed by atoms with Crippen LogP contribution in [0.15, 0.2) is 182 Å². The van der Waals surface area contributed by atoms with Gasteiger partial charge in [-0.3, -0.25) is 0 Å². The standard InChI is InChI=1S/C52H30S2/c1-2-12-31(13-3-1)34-25-26-43(37-17-7-6-16-36(34)37)51-41-20-10-8-18-39(41)50(40-19-9-11-21-42(40)51)33-22-24-38-44-29-49-45(30-48(44)54-47(38)28-33)52-35-15-5-4-14-32(35)23-27-46(52)53-49/h1-30H. The molecule has 2 heteroatoms. The van der Waals surface area contributed by atoms with Gasteiger partial charge < -0.3 is 0 Å². The lowest BCUT2D eigenvalue weighted by Gasteiger charge is -2.19. The highest BCUT2D eigenvalue weighted by molar-refractivity contribution is 7.27. The maximum Gasteiger partial charge on any atom is 0.0362 e. The number of benzene rings is 10. The first kappa shape index (κ1) is 30.2. The van der Waals surface area contributed by atoms with Crippen LogP contribution >= 0.6 is 22.7 Å². The van der Waals surface area contributed by atoms with Crippen molar-refractivity contribution in [1.82, 2.24) is 0 Å². The first-order valence-electron chi connectivity index (χ1n) is 18.5. The first-order chi connectivity index (χ1) is 26.8. The molecule has 12 aromatic rings. The normalized spacial score (nSPS) is 12.1. The molecule has 0 aliphatic carbocycles. The number of hydrogen-bond acceptors (Lipinski definition) is 2. The third kappa shape index (κ3) is 4.36. The molecule has 0 aliphatic rings. The van der Waals surface area contributed by atoms with E-state index in [1.54, 1.807) is 0 Å². The summed E-state index contributed by atoms with van der Waals surface area (Å²) in [5.41, 5.74) is 7.62. The average Bonchev–Trinajstić information content (AvgIpc) is 3.78. The van der Waals surface area contributed by atoms with E-state index in [0.29, 0.717) is 0 Å². The molecule has 0 saturated carbocycles. The van der Waals surface area contributed by atoms with Crippen LogP contribution in [0.5, 0.6) is 0 Å². The number of rotatable bonds is 3. The molecular formula is C52H30S2. The summed E-state index contributed by atoms with van der Waals surface area (Å²) in [6.07, 6.45) is 0. The van der Waals surface area contributed by atoms with Gasteiger partial charge >= 0.3 is 0 Å². The Hall–Kier alpha value is -6.32. The Kier molecular flexibility index (Phi) is 6.48. The Morgan fingerprint density at radius 1 is 0.259 bits per heavy atom. The fourth-order valence-electron chi connectivity index (χ4n) is 9.09. The maximum absolute atomic E-state index is 2.45. The molecule has 12 rings (SSSR count). The summed E-state index contributed by atoms with van der Waals surface area (Å²) in [5.74, 6) is 0. The van der Waals surface area contributed by atoms with Crippen LogP contribution < -0.4 is 0 Å². The molecule has 0 amide bonds. The second-order valence-electron chi connectivity index (χ2n) is 14.3. The molecule has 0 spiro atoms. The van der Waals surface area contributed by atoms with Crippen molar-refractivity contribution in [3.8, 4) is 33.4 Å². The molecule has 0 N–H and O–H groups in total. The van der Waals surface area contributed by atoms with Crippen LogP contribution in [0.25, 0.3) is 117 Å². The molecule has 0 unspecified atom stereocenters.